The summed E-state index contributed by atoms with van der Waals surface area (Å²) in [7, 11) is 0. The number of primary amides is 1. The summed E-state index contributed by atoms with van der Waals surface area (Å²) < 4.78 is 0. The first-order chi connectivity index (χ1) is 11.9. The highest BCUT2D eigenvalue weighted by molar-refractivity contribution is 5.97. The topological polar surface area (TPSA) is 113 Å². The van der Waals surface area contributed by atoms with E-state index in [4.69, 9.17) is 5.73 Å². The molecule has 0 radical (unpaired) electrons. The van der Waals surface area contributed by atoms with E-state index in [2.05, 4.69) is 34.4 Å². The molecule has 0 saturated heterocycles. The maximum atomic E-state index is 11.7. The van der Waals surface area contributed by atoms with Gasteiger partial charge in [0.05, 0.1) is 11.7 Å². The fraction of sp³-hybridized carbons (Fsp3) is 0.722. The molecule has 1 heterocycles. The zero-order chi connectivity index (χ0) is 18.0. The third-order valence-corrected chi connectivity index (χ3v) is 5.76. The van der Waals surface area contributed by atoms with Crippen LogP contribution in [0, 0.1) is 11.8 Å². The van der Waals surface area contributed by atoms with Crippen LogP contribution in [0.25, 0.3) is 0 Å². The molecule has 1 amide bonds. The molecule has 0 spiro atoms. The average molecular weight is 347 g/mol. The highest BCUT2D eigenvalue weighted by Gasteiger charge is 2.28. The van der Waals surface area contributed by atoms with Crippen molar-refractivity contribution in [1.29, 1.82) is 0 Å². The van der Waals surface area contributed by atoms with Crippen LogP contribution in [-0.2, 0) is 0 Å². The van der Waals surface area contributed by atoms with Gasteiger partial charge in [0, 0.05) is 18.3 Å². The monoisotopic (exact) mass is 347 g/mol. The summed E-state index contributed by atoms with van der Waals surface area (Å²) in [6.07, 6.45) is 7.42. The van der Waals surface area contributed by atoms with Crippen LogP contribution in [0.3, 0.4) is 0 Å². The lowest BCUT2D eigenvalue weighted by Gasteiger charge is -2.33. The Hall–Kier alpha value is -1.89. The maximum Gasteiger partial charge on any atom is 0.254 e. The molecular weight excluding hydrogens is 318 g/mol. The van der Waals surface area contributed by atoms with Gasteiger partial charge in [-0.3, -0.25) is 4.79 Å². The van der Waals surface area contributed by atoms with Crippen molar-refractivity contribution >= 4 is 17.7 Å². The number of carbonyl (C=O) groups is 1. The molecule has 7 heteroatoms. The van der Waals surface area contributed by atoms with Gasteiger partial charge in [0.1, 0.15) is 5.82 Å². The van der Waals surface area contributed by atoms with Gasteiger partial charge in [-0.1, -0.05) is 13.3 Å². The Morgan fingerprint density at radius 2 is 2.12 bits per heavy atom. The molecule has 1 aromatic heterocycles. The fourth-order valence-electron chi connectivity index (χ4n) is 3.63. The minimum atomic E-state index is -0.550. The van der Waals surface area contributed by atoms with E-state index in [9.17, 15) is 9.90 Å². The predicted molar refractivity (Wildman–Crippen MR) is 97.4 cm³/mol. The summed E-state index contributed by atoms with van der Waals surface area (Å²) in [6.45, 7) is 4.20. The lowest BCUT2D eigenvalue weighted by Crippen LogP contribution is -2.36. The number of anilines is 2. The number of hydrogen-bond donors (Lipinski definition) is 4. The Balaban J connectivity index is 1.73. The Morgan fingerprint density at radius 1 is 1.36 bits per heavy atom. The number of carbonyl (C=O) groups excluding carboxylic acids is 1. The van der Waals surface area contributed by atoms with Crippen LogP contribution in [0.1, 0.15) is 62.7 Å². The molecule has 1 aromatic rings. The van der Waals surface area contributed by atoms with Gasteiger partial charge in [-0.15, -0.1) is 0 Å². The summed E-state index contributed by atoms with van der Waals surface area (Å²) in [5.41, 5.74) is 5.76. The predicted octanol–water partition coefficient (Wildman–Crippen LogP) is 2.14. The van der Waals surface area contributed by atoms with Gasteiger partial charge < -0.3 is 21.5 Å². The second-order valence-corrected chi connectivity index (χ2v) is 7.64. The minimum Gasteiger partial charge on any atom is -0.393 e. The first kappa shape index (κ1) is 17.9. The standard InChI is InChI=1S/C18H29N5O2/c1-10-6-7-13(8-15(10)24)22-17-14(16(19)25)9-20-18(23-17)21-11(2)12-4-3-5-12/h9-13,15,24H,3-8H2,1-2H3,(H2,19,25)(H2,20,21,22,23)/t10-,11+,13-,15-/m1/s1. The molecule has 3 rings (SSSR count). The maximum absolute atomic E-state index is 11.7. The second-order valence-electron chi connectivity index (χ2n) is 7.64. The Labute approximate surface area is 148 Å². The molecule has 2 aliphatic rings. The zero-order valence-corrected chi connectivity index (χ0v) is 15.0. The van der Waals surface area contributed by atoms with E-state index < -0.39 is 5.91 Å². The molecule has 4 atom stereocenters. The van der Waals surface area contributed by atoms with Crippen molar-refractivity contribution in [2.75, 3.05) is 10.6 Å². The van der Waals surface area contributed by atoms with Gasteiger partial charge in [0.25, 0.3) is 5.91 Å². The van der Waals surface area contributed by atoms with E-state index in [1.165, 1.54) is 25.5 Å². The smallest absolute Gasteiger partial charge is 0.254 e. The van der Waals surface area contributed by atoms with Crippen molar-refractivity contribution in [3.05, 3.63) is 11.8 Å². The number of rotatable bonds is 6. The molecule has 2 aliphatic carbocycles. The molecule has 5 N–H and O–H groups in total. The van der Waals surface area contributed by atoms with Crippen molar-refractivity contribution in [2.24, 2.45) is 17.6 Å². The number of nitrogens with two attached hydrogens (primary N) is 1. The van der Waals surface area contributed by atoms with Gasteiger partial charge in [0.2, 0.25) is 5.95 Å². The highest BCUT2D eigenvalue weighted by Crippen LogP contribution is 2.31. The quantitative estimate of drug-likeness (QED) is 0.627. The number of aromatic nitrogens is 2. The average Bonchev–Trinajstić information content (AvgIpc) is 2.49. The van der Waals surface area contributed by atoms with Crippen LogP contribution in [0.4, 0.5) is 11.8 Å². The second kappa shape index (κ2) is 7.56. The number of nitrogens with one attached hydrogen (secondary N) is 2. The van der Waals surface area contributed by atoms with E-state index in [0.29, 0.717) is 36.1 Å². The Bertz CT molecular complexity index is 619. The zero-order valence-electron chi connectivity index (χ0n) is 15.0. The van der Waals surface area contributed by atoms with E-state index in [0.717, 1.165) is 12.8 Å². The Morgan fingerprint density at radius 3 is 2.72 bits per heavy atom. The summed E-state index contributed by atoms with van der Waals surface area (Å²) in [4.78, 5) is 20.5. The lowest BCUT2D eigenvalue weighted by atomic mass is 9.80. The molecule has 7 nitrogen and oxygen atoms in total. The number of nitrogens with zero attached hydrogens (tertiary/aromatic N) is 2. The number of aliphatic hydroxyl groups excluding tert-OH is 1. The highest BCUT2D eigenvalue weighted by atomic mass is 16.3. The first-order valence-corrected chi connectivity index (χ1v) is 9.32. The summed E-state index contributed by atoms with van der Waals surface area (Å²) in [5, 5.41) is 16.7. The van der Waals surface area contributed by atoms with Crippen molar-refractivity contribution in [2.45, 2.75) is 70.6 Å². The van der Waals surface area contributed by atoms with Crippen LogP contribution in [0.2, 0.25) is 0 Å². The van der Waals surface area contributed by atoms with Gasteiger partial charge in [-0.05, 0) is 50.9 Å². The molecule has 25 heavy (non-hydrogen) atoms. The summed E-state index contributed by atoms with van der Waals surface area (Å²) in [6, 6.07) is 0.384. The largest absolute Gasteiger partial charge is 0.393 e. The van der Waals surface area contributed by atoms with Crippen LogP contribution >= 0.6 is 0 Å². The number of hydrogen-bond acceptors (Lipinski definition) is 6. The normalized spacial score (nSPS) is 28.0. The van der Waals surface area contributed by atoms with Gasteiger partial charge in [0.15, 0.2) is 0 Å². The minimum absolute atomic E-state index is 0.0797. The molecule has 0 unspecified atom stereocenters. The number of aliphatic hydroxyl groups is 1. The molecule has 2 fully saturated rings. The van der Waals surface area contributed by atoms with Crippen molar-refractivity contribution in [3.63, 3.8) is 0 Å². The summed E-state index contributed by atoms with van der Waals surface area (Å²) in [5.74, 6) is 1.38. The fourth-order valence-corrected chi connectivity index (χ4v) is 3.63. The van der Waals surface area contributed by atoms with Crippen molar-refractivity contribution < 1.29 is 9.90 Å². The third-order valence-electron chi connectivity index (χ3n) is 5.76. The van der Waals surface area contributed by atoms with Gasteiger partial charge in [-0.2, -0.15) is 4.98 Å². The molecular formula is C18H29N5O2. The van der Waals surface area contributed by atoms with Crippen LogP contribution in [0.15, 0.2) is 6.20 Å². The third kappa shape index (κ3) is 4.21. The SMILES string of the molecule is C[C@H](Nc1ncc(C(N)=O)c(N[C@@H]2CC[C@@H](C)[C@H](O)C2)n1)C1CCC1. The van der Waals surface area contributed by atoms with E-state index in [1.54, 1.807) is 0 Å². The van der Waals surface area contributed by atoms with E-state index >= 15 is 0 Å². The van der Waals surface area contributed by atoms with Gasteiger partial charge in [-0.25, -0.2) is 4.98 Å². The van der Waals surface area contributed by atoms with Crippen LogP contribution in [0.5, 0.6) is 0 Å². The van der Waals surface area contributed by atoms with E-state index in [1.807, 2.05) is 0 Å². The Kier molecular flexibility index (Phi) is 5.42. The summed E-state index contributed by atoms with van der Waals surface area (Å²) >= 11 is 0. The molecule has 0 aromatic carbocycles. The van der Waals surface area contributed by atoms with Crippen LogP contribution in [-0.4, -0.2) is 39.2 Å². The number of amides is 1. The van der Waals surface area contributed by atoms with Crippen LogP contribution < -0.4 is 16.4 Å². The molecule has 2 saturated carbocycles. The van der Waals surface area contributed by atoms with E-state index in [-0.39, 0.29) is 17.7 Å². The van der Waals surface area contributed by atoms with Crippen molar-refractivity contribution in [3.8, 4) is 0 Å². The first-order valence-electron chi connectivity index (χ1n) is 9.32. The molecule has 0 aliphatic heterocycles. The molecule has 0 bridgehead atoms. The lowest BCUT2D eigenvalue weighted by molar-refractivity contribution is 0.0739. The van der Waals surface area contributed by atoms with Crippen molar-refractivity contribution in [1.82, 2.24) is 9.97 Å². The molecule has 138 valence electrons. The van der Waals surface area contributed by atoms with Gasteiger partial charge >= 0.3 is 0 Å².